The van der Waals surface area contributed by atoms with Crippen LogP contribution in [0.25, 0.3) is 0 Å². The number of methoxy groups -OCH3 is 1. The van der Waals surface area contributed by atoms with Crippen LogP contribution in [0.3, 0.4) is 0 Å². The van der Waals surface area contributed by atoms with E-state index in [4.69, 9.17) is 27.9 Å². The molecule has 0 spiro atoms. The molecule has 110 valence electrons. The van der Waals surface area contributed by atoms with Gasteiger partial charge in [0.25, 0.3) is 0 Å². The number of unbranched alkanes of at least 4 members (excludes halogenated alkanes) is 1. The van der Waals surface area contributed by atoms with Gasteiger partial charge in [0.15, 0.2) is 0 Å². The highest BCUT2D eigenvalue weighted by Gasteiger charge is 2.17. The van der Waals surface area contributed by atoms with Crippen LogP contribution in [0.1, 0.15) is 37.1 Å². The molecule has 0 aromatic heterocycles. The number of nitrogens with one attached hydrogen (secondary N) is 1. The first-order valence-electron chi connectivity index (χ1n) is 6.22. The minimum Gasteiger partial charge on any atom is -0.496 e. The van der Waals surface area contributed by atoms with Crippen molar-refractivity contribution in [3.05, 3.63) is 22.7 Å². The first-order chi connectivity index (χ1) is 9.49. The van der Waals surface area contributed by atoms with Crippen molar-refractivity contribution in [2.45, 2.75) is 31.6 Å². The van der Waals surface area contributed by atoms with Crippen molar-refractivity contribution >= 4 is 41.1 Å². The molecule has 1 aromatic rings. The van der Waals surface area contributed by atoms with Gasteiger partial charge in [-0.1, -0.05) is 11.6 Å². The van der Waals surface area contributed by atoms with Crippen LogP contribution in [0.2, 0.25) is 5.02 Å². The van der Waals surface area contributed by atoms with E-state index in [0.717, 1.165) is 11.8 Å². The monoisotopic (exact) mass is 317 g/mol. The lowest BCUT2D eigenvalue weighted by Gasteiger charge is -2.16. The average molecular weight is 318 g/mol. The topological polar surface area (TPSA) is 55.4 Å². The molecule has 0 aliphatic heterocycles. The zero-order chi connectivity index (χ0) is 15.1. The number of alkyl halides is 1. The lowest BCUT2D eigenvalue weighted by Crippen LogP contribution is -2.07. The van der Waals surface area contributed by atoms with E-state index in [-0.39, 0.29) is 11.3 Å². The maximum Gasteiger partial charge on any atom is 0.221 e. The summed E-state index contributed by atoms with van der Waals surface area (Å²) in [6, 6.07) is 3.33. The summed E-state index contributed by atoms with van der Waals surface area (Å²) in [5.41, 5.74) is 1.23. The smallest absolute Gasteiger partial charge is 0.221 e. The van der Waals surface area contributed by atoms with Gasteiger partial charge in [-0.05, 0) is 18.9 Å². The largest absolute Gasteiger partial charge is 0.496 e. The Morgan fingerprint density at radius 1 is 1.50 bits per heavy atom. The van der Waals surface area contributed by atoms with E-state index in [9.17, 15) is 9.59 Å². The molecule has 1 atom stereocenters. The molecular weight excluding hydrogens is 301 g/mol. The SMILES string of the molecule is COc1cc(NC(C)=O)c(Cl)cc1C(Cl)CCCC=O. The van der Waals surface area contributed by atoms with Gasteiger partial charge in [-0.15, -0.1) is 11.6 Å². The molecule has 0 aliphatic rings. The Labute approximate surface area is 128 Å². The Hall–Kier alpha value is -1.26. The maximum atomic E-state index is 11.1. The average Bonchev–Trinajstić information content (AvgIpc) is 2.40. The first kappa shape index (κ1) is 16.8. The van der Waals surface area contributed by atoms with Crippen molar-refractivity contribution in [1.82, 2.24) is 0 Å². The zero-order valence-electron chi connectivity index (χ0n) is 11.4. The number of rotatable bonds is 7. The van der Waals surface area contributed by atoms with E-state index in [1.54, 1.807) is 12.1 Å². The normalized spacial score (nSPS) is 11.8. The molecule has 6 heteroatoms. The van der Waals surface area contributed by atoms with Crippen LogP contribution < -0.4 is 10.1 Å². The zero-order valence-corrected chi connectivity index (χ0v) is 12.9. The third-order valence-electron chi connectivity index (χ3n) is 2.75. The third-order valence-corrected chi connectivity index (χ3v) is 3.51. The molecule has 1 aromatic carbocycles. The Morgan fingerprint density at radius 3 is 2.75 bits per heavy atom. The summed E-state index contributed by atoms with van der Waals surface area (Å²) in [6.07, 6.45) is 2.69. The van der Waals surface area contributed by atoms with Crippen molar-refractivity contribution in [2.24, 2.45) is 0 Å². The van der Waals surface area contributed by atoms with Crippen molar-refractivity contribution in [3.63, 3.8) is 0 Å². The lowest BCUT2D eigenvalue weighted by atomic mass is 10.0. The molecule has 0 saturated carbocycles. The fourth-order valence-electron chi connectivity index (χ4n) is 1.81. The van der Waals surface area contributed by atoms with Gasteiger partial charge in [0.1, 0.15) is 12.0 Å². The minimum absolute atomic E-state index is 0.213. The fourth-order valence-corrected chi connectivity index (χ4v) is 2.36. The molecule has 1 amide bonds. The standard InChI is InChI=1S/C14H17Cl2NO3/c1-9(19)17-13-8-14(20-2)10(7-12(13)16)11(15)5-3-4-6-18/h6-8,11H,3-5H2,1-2H3,(H,17,19). The second-order valence-electron chi connectivity index (χ2n) is 4.32. The van der Waals surface area contributed by atoms with Crippen LogP contribution in [0.5, 0.6) is 5.75 Å². The van der Waals surface area contributed by atoms with Crippen molar-refractivity contribution < 1.29 is 14.3 Å². The highest BCUT2D eigenvalue weighted by molar-refractivity contribution is 6.34. The van der Waals surface area contributed by atoms with Gasteiger partial charge in [-0.2, -0.15) is 0 Å². The number of amides is 1. The van der Waals surface area contributed by atoms with Crippen LogP contribution in [0.15, 0.2) is 12.1 Å². The summed E-state index contributed by atoms with van der Waals surface area (Å²) in [4.78, 5) is 21.4. The Balaban J connectivity index is 2.98. The van der Waals surface area contributed by atoms with Gasteiger partial charge >= 0.3 is 0 Å². The number of ether oxygens (including phenoxy) is 1. The molecule has 0 aliphatic carbocycles. The van der Waals surface area contributed by atoms with Gasteiger partial charge in [0.2, 0.25) is 5.91 Å². The third kappa shape index (κ3) is 4.69. The maximum absolute atomic E-state index is 11.1. The van der Waals surface area contributed by atoms with Gasteiger partial charge in [-0.25, -0.2) is 0 Å². The van der Waals surface area contributed by atoms with Crippen molar-refractivity contribution in [1.29, 1.82) is 0 Å². The fraction of sp³-hybridized carbons (Fsp3) is 0.429. The molecular formula is C14H17Cl2NO3. The van der Waals surface area contributed by atoms with Crippen LogP contribution in [0, 0.1) is 0 Å². The summed E-state index contributed by atoms with van der Waals surface area (Å²) in [6.45, 7) is 1.40. The number of hydrogen-bond acceptors (Lipinski definition) is 3. The molecule has 1 N–H and O–H groups in total. The van der Waals surface area contributed by atoms with Gasteiger partial charge in [0.05, 0.1) is 23.2 Å². The van der Waals surface area contributed by atoms with Gasteiger partial charge in [0, 0.05) is 25.0 Å². The summed E-state index contributed by atoms with van der Waals surface area (Å²) in [7, 11) is 1.53. The van der Waals surface area contributed by atoms with Crippen LogP contribution >= 0.6 is 23.2 Å². The van der Waals surface area contributed by atoms with E-state index in [1.165, 1.54) is 14.0 Å². The number of halogens is 2. The second kappa shape index (κ2) is 8.12. The number of anilines is 1. The van der Waals surface area contributed by atoms with Crippen molar-refractivity contribution in [3.8, 4) is 5.75 Å². The lowest BCUT2D eigenvalue weighted by molar-refractivity contribution is -0.114. The molecule has 1 unspecified atom stereocenters. The van der Waals surface area contributed by atoms with Crippen LogP contribution in [-0.2, 0) is 9.59 Å². The molecule has 0 saturated heterocycles. The van der Waals surface area contributed by atoms with E-state index in [1.807, 2.05) is 0 Å². The minimum atomic E-state index is -0.297. The van der Waals surface area contributed by atoms with Crippen LogP contribution in [-0.4, -0.2) is 19.3 Å². The predicted octanol–water partition coefficient (Wildman–Crippen LogP) is 3.96. The predicted molar refractivity (Wildman–Crippen MR) is 80.8 cm³/mol. The second-order valence-corrected chi connectivity index (χ2v) is 5.25. The summed E-state index contributed by atoms with van der Waals surface area (Å²) in [5, 5.41) is 2.73. The molecule has 1 rings (SSSR count). The Kier molecular flexibility index (Phi) is 6.82. The quantitative estimate of drug-likeness (QED) is 0.470. The summed E-state index contributed by atoms with van der Waals surface area (Å²) in [5.74, 6) is 0.347. The summed E-state index contributed by atoms with van der Waals surface area (Å²) >= 11 is 12.4. The molecule has 20 heavy (non-hydrogen) atoms. The number of benzene rings is 1. The van der Waals surface area contributed by atoms with E-state index in [0.29, 0.717) is 35.7 Å². The van der Waals surface area contributed by atoms with E-state index >= 15 is 0 Å². The molecule has 0 radical (unpaired) electrons. The molecule has 0 bridgehead atoms. The molecule has 4 nitrogen and oxygen atoms in total. The molecule has 0 heterocycles. The van der Waals surface area contributed by atoms with Crippen LogP contribution in [0.4, 0.5) is 5.69 Å². The van der Waals surface area contributed by atoms with E-state index < -0.39 is 0 Å². The number of aldehydes is 1. The van der Waals surface area contributed by atoms with Gasteiger partial charge in [-0.3, -0.25) is 4.79 Å². The van der Waals surface area contributed by atoms with E-state index in [2.05, 4.69) is 5.32 Å². The van der Waals surface area contributed by atoms with Crippen molar-refractivity contribution in [2.75, 3.05) is 12.4 Å². The highest BCUT2D eigenvalue weighted by atomic mass is 35.5. The summed E-state index contributed by atoms with van der Waals surface area (Å²) < 4.78 is 5.29. The highest BCUT2D eigenvalue weighted by Crippen LogP contribution is 2.38. The number of hydrogen-bond donors (Lipinski definition) is 1. The molecule has 0 fully saturated rings. The Morgan fingerprint density at radius 2 is 2.20 bits per heavy atom. The first-order valence-corrected chi connectivity index (χ1v) is 7.03. The Bertz CT molecular complexity index is 492. The van der Waals surface area contributed by atoms with Gasteiger partial charge < -0.3 is 14.8 Å². The number of carbonyl (C=O) groups is 2. The number of carbonyl (C=O) groups excluding carboxylic acids is 2.